The first-order valence-corrected chi connectivity index (χ1v) is 9.70. The number of amides is 1. The van der Waals surface area contributed by atoms with Crippen molar-refractivity contribution < 1.29 is 14.3 Å². The molecule has 0 unspecified atom stereocenters. The highest BCUT2D eigenvalue weighted by atomic mass is 35.5. The molecule has 27 heavy (non-hydrogen) atoms. The van der Waals surface area contributed by atoms with Gasteiger partial charge in [0.15, 0.2) is 0 Å². The number of aryl methyl sites for hydroxylation is 1. The maximum atomic E-state index is 12.2. The molecule has 5 nitrogen and oxygen atoms in total. The van der Waals surface area contributed by atoms with E-state index in [0.29, 0.717) is 17.3 Å². The van der Waals surface area contributed by atoms with Crippen LogP contribution in [0.3, 0.4) is 0 Å². The molecule has 1 N–H and O–H groups in total. The fraction of sp³-hybridized carbons (Fsp3) is 0.429. The summed E-state index contributed by atoms with van der Waals surface area (Å²) in [4.78, 5) is 16.4. The number of hydrogen-bond donors (Lipinski definition) is 1. The van der Waals surface area contributed by atoms with Gasteiger partial charge in [0.25, 0.3) is 0 Å². The summed E-state index contributed by atoms with van der Waals surface area (Å²) in [6, 6.07) is 11.6. The van der Waals surface area contributed by atoms with Crippen molar-refractivity contribution in [3.63, 3.8) is 0 Å². The number of methoxy groups -OCH3 is 1. The third-order valence-electron chi connectivity index (χ3n) is 4.83. The number of aromatic nitrogens is 1. The highest BCUT2D eigenvalue weighted by Crippen LogP contribution is 2.23. The topological polar surface area (TPSA) is 60.5 Å². The maximum absolute atomic E-state index is 12.2. The Bertz CT molecular complexity index is 726. The van der Waals surface area contributed by atoms with Crippen LogP contribution < -0.4 is 14.8 Å². The van der Waals surface area contributed by atoms with E-state index < -0.39 is 0 Å². The van der Waals surface area contributed by atoms with Crippen LogP contribution in [0.5, 0.6) is 11.6 Å². The van der Waals surface area contributed by atoms with E-state index in [0.717, 1.165) is 43.4 Å². The quantitative estimate of drug-likeness (QED) is 0.772. The second kappa shape index (κ2) is 9.60. The monoisotopic (exact) mass is 388 g/mol. The number of hydrogen-bond acceptors (Lipinski definition) is 4. The summed E-state index contributed by atoms with van der Waals surface area (Å²) in [6.45, 7) is 0. The molecule has 1 fully saturated rings. The summed E-state index contributed by atoms with van der Waals surface area (Å²) < 4.78 is 11.0. The molecule has 1 aromatic heterocycles. The van der Waals surface area contributed by atoms with Gasteiger partial charge in [-0.25, -0.2) is 4.98 Å². The van der Waals surface area contributed by atoms with Gasteiger partial charge in [0, 0.05) is 24.7 Å². The molecule has 1 saturated carbocycles. The van der Waals surface area contributed by atoms with Crippen LogP contribution in [0.15, 0.2) is 42.6 Å². The predicted octanol–water partition coefficient (Wildman–Crippen LogP) is 4.18. The molecule has 1 heterocycles. The zero-order valence-electron chi connectivity index (χ0n) is 15.5. The van der Waals surface area contributed by atoms with Crippen molar-refractivity contribution in [2.75, 3.05) is 7.11 Å². The van der Waals surface area contributed by atoms with Crippen LogP contribution >= 0.6 is 11.6 Å². The molecule has 0 saturated heterocycles. The van der Waals surface area contributed by atoms with Gasteiger partial charge in [-0.1, -0.05) is 23.7 Å². The Balaban J connectivity index is 1.36. The largest absolute Gasteiger partial charge is 0.497 e. The Morgan fingerprint density at radius 1 is 1.15 bits per heavy atom. The molecule has 1 amide bonds. The molecule has 1 aromatic carbocycles. The minimum absolute atomic E-state index is 0.106. The van der Waals surface area contributed by atoms with Gasteiger partial charge < -0.3 is 14.8 Å². The zero-order valence-corrected chi connectivity index (χ0v) is 16.2. The molecule has 3 rings (SSSR count). The zero-order chi connectivity index (χ0) is 19.1. The third-order valence-corrected chi connectivity index (χ3v) is 5.05. The van der Waals surface area contributed by atoms with Gasteiger partial charge in [-0.15, -0.1) is 0 Å². The van der Waals surface area contributed by atoms with Crippen LogP contribution in [0.2, 0.25) is 5.02 Å². The van der Waals surface area contributed by atoms with Crippen LogP contribution in [-0.4, -0.2) is 30.1 Å². The number of carbonyl (C=O) groups excluding carboxylic acids is 1. The van der Waals surface area contributed by atoms with Gasteiger partial charge in [-0.05, 0) is 55.9 Å². The summed E-state index contributed by atoms with van der Waals surface area (Å²) >= 11 is 5.84. The highest BCUT2D eigenvalue weighted by Gasteiger charge is 2.23. The van der Waals surface area contributed by atoms with E-state index in [1.807, 2.05) is 24.3 Å². The van der Waals surface area contributed by atoms with Gasteiger partial charge in [-0.2, -0.15) is 0 Å². The first kappa shape index (κ1) is 19.5. The molecule has 6 heteroatoms. The number of nitrogens with one attached hydrogen (secondary N) is 1. The van der Waals surface area contributed by atoms with Crippen LogP contribution in [0.25, 0.3) is 0 Å². The number of halogens is 1. The fourth-order valence-corrected chi connectivity index (χ4v) is 3.39. The maximum Gasteiger partial charge on any atom is 0.220 e. The summed E-state index contributed by atoms with van der Waals surface area (Å²) in [7, 11) is 1.65. The van der Waals surface area contributed by atoms with E-state index in [2.05, 4.69) is 10.3 Å². The lowest BCUT2D eigenvalue weighted by Crippen LogP contribution is -2.39. The molecule has 1 aliphatic rings. The fourth-order valence-electron chi connectivity index (χ4n) is 3.28. The van der Waals surface area contributed by atoms with Gasteiger partial charge in [0.2, 0.25) is 11.8 Å². The lowest BCUT2D eigenvalue weighted by atomic mass is 9.92. The SMILES string of the molecule is COc1ccc(CCC(=O)NC2CCC(Oc3ccc(Cl)cn3)CC2)cc1. The smallest absolute Gasteiger partial charge is 0.220 e. The van der Waals surface area contributed by atoms with E-state index in [1.54, 1.807) is 25.4 Å². The molecule has 0 spiro atoms. The van der Waals surface area contributed by atoms with E-state index in [4.69, 9.17) is 21.1 Å². The van der Waals surface area contributed by atoms with Crippen LogP contribution in [0, 0.1) is 0 Å². The Hall–Kier alpha value is -2.27. The molecule has 0 aliphatic heterocycles. The van der Waals surface area contributed by atoms with E-state index in [-0.39, 0.29) is 18.1 Å². The number of carbonyl (C=O) groups is 1. The van der Waals surface area contributed by atoms with Crippen molar-refractivity contribution in [2.45, 2.75) is 50.7 Å². The lowest BCUT2D eigenvalue weighted by Gasteiger charge is -2.29. The van der Waals surface area contributed by atoms with Crippen molar-refractivity contribution in [1.29, 1.82) is 0 Å². The second-order valence-corrected chi connectivity index (χ2v) is 7.26. The van der Waals surface area contributed by atoms with Crippen molar-refractivity contribution in [1.82, 2.24) is 10.3 Å². The number of ether oxygens (including phenoxy) is 2. The van der Waals surface area contributed by atoms with Crippen molar-refractivity contribution in [3.05, 3.63) is 53.2 Å². The second-order valence-electron chi connectivity index (χ2n) is 6.82. The van der Waals surface area contributed by atoms with E-state index >= 15 is 0 Å². The molecular weight excluding hydrogens is 364 g/mol. The van der Waals surface area contributed by atoms with Gasteiger partial charge in [-0.3, -0.25) is 4.79 Å². The predicted molar refractivity (Wildman–Crippen MR) is 105 cm³/mol. The molecule has 1 aliphatic carbocycles. The van der Waals surface area contributed by atoms with Crippen LogP contribution in [-0.2, 0) is 11.2 Å². The number of rotatable bonds is 7. The Labute approximate surface area is 165 Å². The Kier molecular flexibility index (Phi) is 6.93. The van der Waals surface area contributed by atoms with Crippen molar-refractivity contribution >= 4 is 17.5 Å². The summed E-state index contributed by atoms with van der Waals surface area (Å²) in [5.41, 5.74) is 1.14. The van der Waals surface area contributed by atoms with Gasteiger partial charge in [0.05, 0.1) is 12.1 Å². The lowest BCUT2D eigenvalue weighted by molar-refractivity contribution is -0.122. The van der Waals surface area contributed by atoms with Crippen molar-refractivity contribution in [2.24, 2.45) is 0 Å². The first-order valence-electron chi connectivity index (χ1n) is 9.33. The van der Waals surface area contributed by atoms with Crippen molar-refractivity contribution in [3.8, 4) is 11.6 Å². The third kappa shape index (κ3) is 6.14. The minimum atomic E-state index is 0.106. The summed E-state index contributed by atoms with van der Waals surface area (Å²) in [6.07, 6.45) is 6.63. The molecule has 0 atom stereocenters. The summed E-state index contributed by atoms with van der Waals surface area (Å²) in [5.74, 6) is 1.54. The van der Waals surface area contributed by atoms with E-state index in [9.17, 15) is 4.79 Å². The normalized spacial score (nSPS) is 19.3. The molecule has 0 bridgehead atoms. The van der Waals surface area contributed by atoms with Crippen LogP contribution in [0.1, 0.15) is 37.7 Å². The van der Waals surface area contributed by atoms with Gasteiger partial charge in [0.1, 0.15) is 11.9 Å². The molecule has 2 aromatic rings. The minimum Gasteiger partial charge on any atom is -0.497 e. The number of benzene rings is 1. The molecule has 0 radical (unpaired) electrons. The number of nitrogens with zero attached hydrogens (tertiary/aromatic N) is 1. The number of pyridine rings is 1. The van der Waals surface area contributed by atoms with Gasteiger partial charge >= 0.3 is 0 Å². The van der Waals surface area contributed by atoms with E-state index in [1.165, 1.54) is 0 Å². The summed E-state index contributed by atoms with van der Waals surface area (Å²) in [5, 5.41) is 3.75. The Morgan fingerprint density at radius 3 is 2.52 bits per heavy atom. The van der Waals surface area contributed by atoms with Crippen LogP contribution in [0.4, 0.5) is 0 Å². The Morgan fingerprint density at radius 2 is 1.89 bits per heavy atom. The first-order chi connectivity index (χ1) is 13.1. The highest BCUT2D eigenvalue weighted by molar-refractivity contribution is 6.30. The average Bonchev–Trinajstić information content (AvgIpc) is 2.70. The average molecular weight is 389 g/mol. The molecular formula is C21H25ClN2O3. The molecule has 144 valence electrons. The standard InChI is InChI=1S/C21H25ClN2O3/c1-26-18-8-2-15(3-9-18)4-12-20(25)24-17-6-10-19(11-7-17)27-21-13-5-16(22)14-23-21/h2-3,5,8-9,13-14,17,19H,4,6-7,10-12H2,1H3,(H,24,25).